The van der Waals surface area contributed by atoms with Crippen LogP contribution in [-0.4, -0.2) is 59.5 Å². The minimum Gasteiger partial charge on any atom is -0.495 e. The highest BCUT2D eigenvalue weighted by molar-refractivity contribution is 7.89. The fraction of sp³-hybridized carbons (Fsp3) is 0.533. The van der Waals surface area contributed by atoms with Crippen LogP contribution in [0.25, 0.3) is 0 Å². The van der Waals surface area contributed by atoms with Gasteiger partial charge in [-0.25, -0.2) is 12.7 Å². The first kappa shape index (κ1) is 17.7. The lowest BCUT2D eigenvalue weighted by Crippen LogP contribution is -3.11. The van der Waals surface area contributed by atoms with E-state index in [4.69, 9.17) is 4.74 Å². The number of methoxy groups -OCH3 is 1. The molecule has 0 aromatic heterocycles. The smallest absolute Gasteiger partial charge is 0.279 e. The van der Waals surface area contributed by atoms with Crippen molar-refractivity contribution in [3.8, 4) is 5.75 Å². The summed E-state index contributed by atoms with van der Waals surface area (Å²) in [6.45, 7) is 2.42. The lowest BCUT2D eigenvalue weighted by atomic mass is 10.3. The molecule has 1 aromatic carbocycles. The monoisotopic (exact) mass is 342 g/mol. The van der Waals surface area contributed by atoms with Gasteiger partial charge < -0.3 is 15.0 Å². The van der Waals surface area contributed by atoms with Gasteiger partial charge in [0.05, 0.1) is 20.2 Å². The molecule has 0 aliphatic carbocycles. The SMILES string of the molecule is COc1ccc(NC(=O)C[NH+]2CCCC2)cc1S(=O)(=O)N(C)C. The van der Waals surface area contributed by atoms with Crippen LogP contribution in [-0.2, 0) is 14.8 Å². The summed E-state index contributed by atoms with van der Waals surface area (Å²) in [5.41, 5.74) is 0.454. The van der Waals surface area contributed by atoms with Crippen LogP contribution in [0.2, 0.25) is 0 Å². The normalized spacial score (nSPS) is 15.8. The third-order valence-electron chi connectivity index (χ3n) is 3.93. The Balaban J connectivity index is 2.18. The van der Waals surface area contributed by atoms with Crippen molar-refractivity contribution in [1.82, 2.24) is 4.31 Å². The third-order valence-corrected chi connectivity index (χ3v) is 5.76. The van der Waals surface area contributed by atoms with Crippen LogP contribution in [0.4, 0.5) is 5.69 Å². The molecular weight excluding hydrogens is 318 g/mol. The van der Waals surface area contributed by atoms with Gasteiger partial charge in [-0.05, 0) is 18.2 Å². The quantitative estimate of drug-likeness (QED) is 0.735. The maximum atomic E-state index is 12.4. The number of nitrogens with zero attached hydrogens (tertiary/aromatic N) is 1. The lowest BCUT2D eigenvalue weighted by Gasteiger charge is -2.16. The van der Waals surface area contributed by atoms with E-state index >= 15 is 0 Å². The standard InChI is InChI=1S/C15H23N3O4S/c1-17(2)23(20,21)14-10-12(6-7-13(14)22-3)16-15(19)11-18-8-4-5-9-18/h6-7,10H,4-5,8-9,11H2,1-3H3,(H,16,19)/p+1. The van der Waals surface area contributed by atoms with E-state index in [2.05, 4.69) is 5.32 Å². The number of carbonyl (C=O) groups is 1. The van der Waals surface area contributed by atoms with E-state index in [1.807, 2.05) is 0 Å². The Kier molecular flexibility index (Phi) is 5.61. The summed E-state index contributed by atoms with van der Waals surface area (Å²) in [5.74, 6) is 0.141. The van der Waals surface area contributed by atoms with Gasteiger partial charge in [-0.2, -0.15) is 0 Å². The number of quaternary nitrogens is 1. The second-order valence-electron chi connectivity index (χ2n) is 5.84. The Morgan fingerprint density at radius 2 is 1.96 bits per heavy atom. The van der Waals surface area contributed by atoms with Crippen LogP contribution in [0.5, 0.6) is 5.75 Å². The molecular formula is C15H24N3O4S+. The number of ether oxygens (including phenoxy) is 1. The Labute approximate surface area is 137 Å². The van der Waals surface area contributed by atoms with Crippen LogP contribution < -0.4 is 15.0 Å². The molecule has 1 fully saturated rings. The molecule has 23 heavy (non-hydrogen) atoms. The predicted octanol–water partition coefficient (Wildman–Crippen LogP) is -0.437. The molecule has 0 radical (unpaired) electrons. The number of likely N-dealkylation sites (tertiary alicyclic amines) is 1. The minimum absolute atomic E-state index is 0.0383. The molecule has 1 saturated heterocycles. The highest BCUT2D eigenvalue weighted by Crippen LogP contribution is 2.28. The summed E-state index contributed by atoms with van der Waals surface area (Å²) in [5, 5.41) is 2.77. The molecule has 0 bridgehead atoms. The molecule has 0 spiro atoms. The number of rotatable bonds is 6. The lowest BCUT2D eigenvalue weighted by molar-refractivity contribution is -0.878. The summed E-state index contributed by atoms with van der Waals surface area (Å²) in [6.07, 6.45) is 2.30. The molecule has 2 N–H and O–H groups in total. The summed E-state index contributed by atoms with van der Waals surface area (Å²) in [4.78, 5) is 13.4. The summed E-state index contributed by atoms with van der Waals surface area (Å²) >= 11 is 0. The number of anilines is 1. The maximum absolute atomic E-state index is 12.4. The van der Waals surface area contributed by atoms with E-state index in [0.717, 1.165) is 30.2 Å². The van der Waals surface area contributed by atoms with Gasteiger partial charge in [-0.3, -0.25) is 4.79 Å². The Bertz CT molecular complexity index is 667. The Morgan fingerprint density at radius 1 is 1.30 bits per heavy atom. The first-order valence-electron chi connectivity index (χ1n) is 7.58. The number of sulfonamides is 1. The Morgan fingerprint density at radius 3 is 2.52 bits per heavy atom. The molecule has 1 aliphatic heterocycles. The van der Waals surface area contributed by atoms with Gasteiger partial charge >= 0.3 is 0 Å². The van der Waals surface area contributed by atoms with Gasteiger partial charge in [0, 0.05) is 32.6 Å². The molecule has 128 valence electrons. The fourth-order valence-electron chi connectivity index (χ4n) is 2.64. The number of carbonyl (C=O) groups excluding carboxylic acids is 1. The molecule has 0 atom stereocenters. The summed E-state index contributed by atoms with van der Waals surface area (Å²) < 4.78 is 31.0. The van der Waals surface area contributed by atoms with Crippen molar-refractivity contribution in [1.29, 1.82) is 0 Å². The largest absolute Gasteiger partial charge is 0.495 e. The van der Waals surface area contributed by atoms with E-state index in [1.165, 1.54) is 32.2 Å². The van der Waals surface area contributed by atoms with Crippen LogP contribution in [0.3, 0.4) is 0 Å². The Hall–Kier alpha value is -1.64. The summed E-state index contributed by atoms with van der Waals surface area (Å²) in [6, 6.07) is 4.63. The van der Waals surface area contributed by atoms with Crippen molar-refractivity contribution in [2.75, 3.05) is 46.2 Å². The van der Waals surface area contributed by atoms with E-state index in [-0.39, 0.29) is 16.6 Å². The van der Waals surface area contributed by atoms with Crippen molar-refractivity contribution >= 4 is 21.6 Å². The first-order chi connectivity index (χ1) is 10.8. The zero-order valence-electron chi connectivity index (χ0n) is 13.8. The van der Waals surface area contributed by atoms with Crippen molar-refractivity contribution in [3.63, 3.8) is 0 Å². The third kappa shape index (κ3) is 4.21. The number of amides is 1. The second kappa shape index (κ2) is 7.29. The molecule has 1 aliphatic rings. The summed E-state index contributed by atoms with van der Waals surface area (Å²) in [7, 11) is 0.677. The molecule has 8 heteroatoms. The van der Waals surface area contributed by atoms with Gasteiger partial charge in [-0.15, -0.1) is 0 Å². The molecule has 1 heterocycles. The second-order valence-corrected chi connectivity index (χ2v) is 7.96. The van der Waals surface area contributed by atoms with Crippen molar-refractivity contribution in [2.24, 2.45) is 0 Å². The number of benzene rings is 1. The average molecular weight is 342 g/mol. The predicted molar refractivity (Wildman–Crippen MR) is 87.3 cm³/mol. The van der Waals surface area contributed by atoms with E-state index < -0.39 is 10.0 Å². The van der Waals surface area contributed by atoms with Crippen LogP contribution in [0.15, 0.2) is 23.1 Å². The van der Waals surface area contributed by atoms with Crippen LogP contribution in [0.1, 0.15) is 12.8 Å². The van der Waals surface area contributed by atoms with Crippen molar-refractivity contribution < 1.29 is 22.8 Å². The van der Waals surface area contributed by atoms with Crippen LogP contribution in [0, 0.1) is 0 Å². The van der Waals surface area contributed by atoms with Gasteiger partial charge in [0.2, 0.25) is 10.0 Å². The fourth-order valence-corrected chi connectivity index (χ4v) is 3.71. The van der Waals surface area contributed by atoms with E-state index in [9.17, 15) is 13.2 Å². The zero-order valence-corrected chi connectivity index (χ0v) is 14.6. The van der Waals surface area contributed by atoms with Crippen molar-refractivity contribution in [3.05, 3.63) is 18.2 Å². The molecule has 1 aromatic rings. The van der Waals surface area contributed by atoms with Gasteiger partial charge in [0.25, 0.3) is 5.91 Å². The van der Waals surface area contributed by atoms with Gasteiger partial charge in [0.15, 0.2) is 6.54 Å². The van der Waals surface area contributed by atoms with Crippen LogP contribution >= 0.6 is 0 Å². The molecule has 7 nitrogen and oxygen atoms in total. The topological polar surface area (TPSA) is 80.1 Å². The zero-order chi connectivity index (χ0) is 17.0. The molecule has 0 unspecified atom stereocenters. The first-order valence-corrected chi connectivity index (χ1v) is 9.02. The highest BCUT2D eigenvalue weighted by atomic mass is 32.2. The molecule has 2 rings (SSSR count). The average Bonchev–Trinajstić information content (AvgIpc) is 2.99. The molecule has 1 amide bonds. The van der Waals surface area contributed by atoms with Crippen molar-refractivity contribution in [2.45, 2.75) is 17.7 Å². The maximum Gasteiger partial charge on any atom is 0.279 e. The van der Waals surface area contributed by atoms with Gasteiger partial charge in [0.1, 0.15) is 10.6 Å². The highest BCUT2D eigenvalue weighted by Gasteiger charge is 2.24. The minimum atomic E-state index is -3.65. The number of hydrogen-bond acceptors (Lipinski definition) is 4. The molecule has 0 saturated carbocycles. The van der Waals surface area contributed by atoms with Gasteiger partial charge in [-0.1, -0.05) is 0 Å². The number of hydrogen-bond donors (Lipinski definition) is 2. The van der Waals surface area contributed by atoms with E-state index in [0.29, 0.717) is 12.2 Å². The van der Waals surface area contributed by atoms with E-state index in [1.54, 1.807) is 12.1 Å². The number of nitrogens with one attached hydrogen (secondary N) is 2.